The Morgan fingerprint density at radius 1 is 0.800 bits per heavy atom. The van der Waals surface area contributed by atoms with Crippen LogP contribution in [0, 0.1) is 20.8 Å². The van der Waals surface area contributed by atoms with Gasteiger partial charge in [-0.05, 0) is 82.8 Å². The summed E-state index contributed by atoms with van der Waals surface area (Å²) in [6, 6.07) is 11.2. The third kappa shape index (κ3) is 3.64. The summed E-state index contributed by atoms with van der Waals surface area (Å²) in [5.41, 5.74) is 6.24. The molecule has 1 atom stereocenters. The molecule has 1 nitrogen and oxygen atoms in total. The van der Waals surface area contributed by atoms with E-state index in [9.17, 15) is 0 Å². The largest absolute Gasteiger partial charge is 0.377 e. The van der Waals surface area contributed by atoms with Gasteiger partial charge in [-0.1, -0.05) is 29.3 Å². The number of benzene rings is 2. The van der Waals surface area contributed by atoms with Crippen LogP contribution in [0.3, 0.4) is 0 Å². The Morgan fingerprint density at radius 3 is 1.75 bits per heavy atom. The molecular formula is C17H19Br2N. The Hall–Kier alpha value is -0.800. The van der Waals surface area contributed by atoms with E-state index in [2.05, 4.69) is 95.2 Å². The highest BCUT2D eigenvalue weighted by Crippen LogP contribution is 2.35. The first-order valence-corrected chi connectivity index (χ1v) is 8.26. The number of hydrogen-bond acceptors (Lipinski definition) is 1. The van der Waals surface area contributed by atoms with Gasteiger partial charge in [-0.15, -0.1) is 0 Å². The standard InChI is InChI=1S/C17H19Br2N/c1-10-5-11(2)7-14(6-10)13(4)20-17-15(18)8-12(3)9-16(17)19/h5-9,13,20H,1-4H3. The summed E-state index contributed by atoms with van der Waals surface area (Å²) in [7, 11) is 0. The Morgan fingerprint density at radius 2 is 1.25 bits per heavy atom. The molecule has 2 aromatic carbocycles. The van der Waals surface area contributed by atoms with Crippen molar-refractivity contribution in [2.45, 2.75) is 33.7 Å². The van der Waals surface area contributed by atoms with E-state index in [-0.39, 0.29) is 6.04 Å². The lowest BCUT2D eigenvalue weighted by atomic mass is 10.0. The van der Waals surface area contributed by atoms with Gasteiger partial charge in [0.15, 0.2) is 0 Å². The van der Waals surface area contributed by atoms with E-state index in [0.29, 0.717) is 0 Å². The number of aryl methyl sites for hydroxylation is 3. The molecule has 0 amide bonds. The highest BCUT2D eigenvalue weighted by atomic mass is 79.9. The number of halogens is 2. The molecule has 0 fully saturated rings. The van der Waals surface area contributed by atoms with Gasteiger partial charge >= 0.3 is 0 Å². The molecule has 20 heavy (non-hydrogen) atoms. The lowest BCUT2D eigenvalue weighted by Gasteiger charge is -2.19. The molecule has 0 saturated heterocycles. The van der Waals surface area contributed by atoms with Gasteiger partial charge in [0.25, 0.3) is 0 Å². The van der Waals surface area contributed by atoms with E-state index in [1.807, 2.05) is 0 Å². The molecule has 0 spiro atoms. The van der Waals surface area contributed by atoms with Gasteiger partial charge in [-0.3, -0.25) is 0 Å². The number of nitrogens with one attached hydrogen (secondary N) is 1. The predicted octanol–water partition coefficient (Wildman–Crippen LogP) is 6.31. The minimum atomic E-state index is 0.254. The zero-order valence-corrected chi connectivity index (χ0v) is 15.4. The van der Waals surface area contributed by atoms with Gasteiger partial charge in [0.1, 0.15) is 0 Å². The normalized spacial score (nSPS) is 12.3. The van der Waals surface area contributed by atoms with Crippen molar-refractivity contribution < 1.29 is 0 Å². The number of anilines is 1. The molecule has 1 unspecified atom stereocenters. The second kappa shape index (κ2) is 6.31. The average Bonchev–Trinajstić information content (AvgIpc) is 2.32. The van der Waals surface area contributed by atoms with Crippen molar-refractivity contribution in [1.82, 2.24) is 0 Å². The zero-order valence-electron chi connectivity index (χ0n) is 12.2. The van der Waals surface area contributed by atoms with Crippen molar-refractivity contribution in [3.8, 4) is 0 Å². The van der Waals surface area contributed by atoms with Gasteiger partial charge in [0.05, 0.1) is 5.69 Å². The van der Waals surface area contributed by atoms with Crippen molar-refractivity contribution in [3.63, 3.8) is 0 Å². The van der Waals surface area contributed by atoms with Crippen LogP contribution in [-0.4, -0.2) is 0 Å². The summed E-state index contributed by atoms with van der Waals surface area (Å²) >= 11 is 7.27. The maximum Gasteiger partial charge on any atom is 0.0633 e. The van der Waals surface area contributed by atoms with Crippen molar-refractivity contribution in [3.05, 3.63) is 61.5 Å². The van der Waals surface area contributed by atoms with Crippen LogP contribution in [0.4, 0.5) is 5.69 Å². The fourth-order valence-corrected chi connectivity index (χ4v) is 4.04. The Bertz CT molecular complexity index is 592. The fraction of sp³-hybridized carbons (Fsp3) is 0.294. The van der Waals surface area contributed by atoms with Crippen LogP contribution in [0.1, 0.15) is 35.2 Å². The van der Waals surface area contributed by atoms with E-state index in [0.717, 1.165) is 14.6 Å². The second-order valence-electron chi connectivity index (χ2n) is 5.39. The van der Waals surface area contributed by atoms with Crippen LogP contribution in [0.25, 0.3) is 0 Å². The van der Waals surface area contributed by atoms with Crippen molar-refractivity contribution in [1.29, 1.82) is 0 Å². The first-order chi connectivity index (χ1) is 9.36. The molecule has 0 radical (unpaired) electrons. The Balaban J connectivity index is 2.30. The molecule has 0 bridgehead atoms. The second-order valence-corrected chi connectivity index (χ2v) is 7.10. The molecule has 1 N–H and O–H groups in total. The van der Waals surface area contributed by atoms with Gasteiger partial charge < -0.3 is 5.32 Å². The summed E-state index contributed by atoms with van der Waals surface area (Å²) in [5, 5.41) is 3.58. The van der Waals surface area contributed by atoms with Crippen LogP contribution in [0.2, 0.25) is 0 Å². The monoisotopic (exact) mass is 395 g/mol. The van der Waals surface area contributed by atoms with Gasteiger partial charge in [-0.2, -0.15) is 0 Å². The molecule has 3 heteroatoms. The van der Waals surface area contributed by atoms with Gasteiger partial charge in [-0.25, -0.2) is 0 Å². The molecule has 0 aliphatic carbocycles. The maximum atomic E-state index is 3.64. The molecule has 0 aliphatic rings. The highest BCUT2D eigenvalue weighted by molar-refractivity contribution is 9.11. The minimum absolute atomic E-state index is 0.254. The number of hydrogen-bond donors (Lipinski definition) is 1. The van der Waals surface area contributed by atoms with Crippen molar-refractivity contribution in [2.75, 3.05) is 5.32 Å². The van der Waals surface area contributed by atoms with Gasteiger partial charge in [0, 0.05) is 15.0 Å². The average molecular weight is 397 g/mol. The molecule has 0 aliphatic heterocycles. The lowest BCUT2D eigenvalue weighted by molar-refractivity contribution is 0.878. The molecular weight excluding hydrogens is 378 g/mol. The van der Waals surface area contributed by atoms with Crippen molar-refractivity contribution in [2.24, 2.45) is 0 Å². The summed E-state index contributed by atoms with van der Waals surface area (Å²) in [6.45, 7) is 8.56. The van der Waals surface area contributed by atoms with Crippen LogP contribution in [0.15, 0.2) is 39.3 Å². The summed E-state index contributed by atoms with van der Waals surface area (Å²) < 4.78 is 2.17. The van der Waals surface area contributed by atoms with E-state index < -0.39 is 0 Å². The summed E-state index contributed by atoms with van der Waals surface area (Å²) in [6.07, 6.45) is 0. The molecule has 2 aromatic rings. The lowest BCUT2D eigenvalue weighted by Crippen LogP contribution is -2.08. The van der Waals surface area contributed by atoms with Gasteiger partial charge in [0.2, 0.25) is 0 Å². The smallest absolute Gasteiger partial charge is 0.0633 e. The third-order valence-electron chi connectivity index (χ3n) is 3.29. The fourth-order valence-electron chi connectivity index (χ4n) is 2.40. The predicted molar refractivity (Wildman–Crippen MR) is 94.5 cm³/mol. The quantitative estimate of drug-likeness (QED) is 0.640. The third-order valence-corrected chi connectivity index (χ3v) is 4.54. The zero-order chi connectivity index (χ0) is 14.9. The summed E-state index contributed by atoms with van der Waals surface area (Å²) in [4.78, 5) is 0. The molecule has 0 heterocycles. The Kier molecular flexibility index (Phi) is 4.92. The van der Waals surface area contributed by atoms with E-state index in [1.165, 1.54) is 22.3 Å². The molecule has 106 valence electrons. The number of rotatable bonds is 3. The first-order valence-electron chi connectivity index (χ1n) is 6.67. The summed E-state index contributed by atoms with van der Waals surface area (Å²) in [5.74, 6) is 0. The Labute approximate surface area is 138 Å². The molecule has 0 aromatic heterocycles. The van der Waals surface area contributed by atoms with E-state index in [4.69, 9.17) is 0 Å². The maximum absolute atomic E-state index is 3.64. The van der Waals surface area contributed by atoms with E-state index >= 15 is 0 Å². The van der Waals surface area contributed by atoms with Crippen LogP contribution >= 0.6 is 31.9 Å². The SMILES string of the molecule is Cc1cc(C)cc(C(C)Nc2c(Br)cc(C)cc2Br)c1. The van der Waals surface area contributed by atoms with Crippen molar-refractivity contribution >= 4 is 37.5 Å². The van der Waals surface area contributed by atoms with Crippen LogP contribution in [-0.2, 0) is 0 Å². The molecule has 0 saturated carbocycles. The topological polar surface area (TPSA) is 12.0 Å². The van der Waals surface area contributed by atoms with Crippen LogP contribution in [0.5, 0.6) is 0 Å². The molecule has 2 rings (SSSR count). The highest BCUT2D eigenvalue weighted by Gasteiger charge is 2.11. The van der Waals surface area contributed by atoms with E-state index in [1.54, 1.807) is 0 Å². The first kappa shape index (κ1) is 15.6. The minimum Gasteiger partial charge on any atom is -0.377 e. The van der Waals surface area contributed by atoms with Crippen LogP contribution < -0.4 is 5.32 Å².